The highest BCUT2D eigenvalue weighted by Gasteiger charge is 2.26. The molecule has 9 heteroatoms. The average molecular weight is 569 g/mol. The number of carbonyl (C=O) groups excluding carboxylic acids is 3. The molecule has 1 aliphatic heterocycles. The lowest BCUT2D eigenvalue weighted by Gasteiger charge is -2.37. The van der Waals surface area contributed by atoms with Crippen molar-refractivity contribution in [3.8, 4) is 0 Å². The van der Waals surface area contributed by atoms with Crippen molar-refractivity contribution >= 4 is 29.1 Å². The summed E-state index contributed by atoms with van der Waals surface area (Å²) in [6.07, 6.45) is 0. The largest absolute Gasteiger partial charge is 0.367 e. The summed E-state index contributed by atoms with van der Waals surface area (Å²) >= 11 is 0. The third-order valence-corrected chi connectivity index (χ3v) is 7.16. The number of hydrogen-bond acceptors (Lipinski definition) is 4. The predicted octanol–water partition coefficient (Wildman–Crippen LogP) is 5.45. The SMILES string of the molecule is CN(Cc1ccccc1)C(=O)c1cc(NC(=O)c2cccc(F)c2)ccc1N1CCN(C(=O)c2cccc(F)c2)CC1. The minimum Gasteiger partial charge on any atom is -0.367 e. The van der Waals surface area contributed by atoms with Gasteiger partial charge < -0.3 is 20.0 Å². The lowest BCUT2D eigenvalue weighted by molar-refractivity contribution is 0.0742. The number of nitrogens with one attached hydrogen (secondary N) is 1. The maximum Gasteiger partial charge on any atom is 0.256 e. The molecule has 1 heterocycles. The van der Waals surface area contributed by atoms with E-state index in [4.69, 9.17) is 0 Å². The van der Waals surface area contributed by atoms with Crippen molar-refractivity contribution in [2.45, 2.75) is 6.54 Å². The number of halogens is 2. The third-order valence-electron chi connectivity index (χ3n) is 7.16. The van der Waals surface area contributed by atoms with Crippen LogP contribution in [0.15, 0.2) is 97.1 Å². The van der Waals surface area contributed by atoms with E-state index in [0.29, 0.717) is 55.2 Å². The molecule has 1 aliphatic rings. The van der Waals surface area contributed by atoms with Gasteiger partial charge >= 0.3 is 0 Å². The zero-order valence-corrected chi connectivity index (χ0v) is 23.1. The monoisotopic (exact) mass is 568 g/mol. The first kappa shape index (κ1) is 28.5. The van der Waals surface area contributed by atoms with Gasteiger partial charge in [-0.2, -0.15) is 0 Å². The number of piperazine rings is 1. The zero-order valence-electron chi connectivity index (χ0n) is 23.1. The maximum atomic E-state index is 13.8. The minimum atomic E-state index is -0.522. The second-order valence-corrected chi connectivity index (χ2v) is 10.1. The van der Waals surface area contributed by atoms with E-state index in [9.17, 15) is 23.2 Å². The molecule has 1 fully saturated rings. The fraction of sp³-hybridized carbons (Fsp3) is 0.182. The predicted molar refractivity (Wildman–Crippen MR) is 158 cm³/mol. The molecule has 0 spiro atoms. The number of nitrogens with zero attached hydrogens (tertiary/aromatic N) is 3. The Morgan fingerprint density at radius 3 is 2.07 bits per heavy atom. The van der Waals surface area contributed by atoms with E-state index in [1.807, 2.05) is 35.2 Å². The van der Waals surface area contributed by atoms with Crippen molar-refractivity contribution in [1.29, 1.82) is 0 Å². The molecule has 4 aromatic carbocycles. The van der Waals surface area contributed by atoms with Gasteiger partial charge in [-0.25, -0.2) is 8.78 Å². The number of amides is 3. The van der Waals surface area contributed by atoms with Crippen molar-refractivity contribution in [3.05, 3.63) is 131 Å². The van der Waals surface area contributed by atoms with E-state index in [1.54, 1.807) is 41.1 Å². The van der Waals surface area contributed by atoms with Crippen LogP contribution in [0.2, 0.25) is 0 Å². The first-order chi connectivity index (χ1) is 20.3. The van der Waals surface area contributed by atoms with Gasteiger partial charge in [0.15, 0.2) is 0 Å². The molecule has 7 nitrogen and oxygen atoms in total. The van der Waals surface area contributed by atoms with Crippen molar-refractivity contribution in [2.24, 2.45) is 0 Å². The van der Waals surface area contributed by atoms with Crippen LogP contribution in [-0.4, -0.2) is 60.7 Å². The molecule has 3 amide bonds. The quantitative estimate of drug-likeness (QED) is 0.322. The highest BCUT2D eigenvalue weighted by atomic mass is 19.1. The molecular formula is C33H30F2N4O3. The highest BCUT2D eigenvalue weighted by molar-refractivity contribution is 6.06. The molecule has 0 bridgehead atoms. The van der Waals surface area contributed by atoms with Gasteiger partial charge in [0.25, 0.3) is 17.7 Å². The van der Waals surface area contributed by atoms with Crippen LogP contribution in [-0.2, 0) is 6.54 Å². The number of anilines is 2. The van der Waals surface area contributed by atoms with E-state index in [2.05, 4.69) is 5.32 Å². The number of benzene rings is 4. The molecule has 0 aromatic heterocycles. The second-order valence-electron chi connectivity index (χ2n) is 10.1. The van der Waals surface area contributed by atoms with Gasteiger partial charge in [0, 0.05) is 62.3 Å². The molecule has 214 valence electrons. The van der Waals surface area contributed by atoms with Crippen molar-refractivity contribution in [3.63, 3.8) is 0 Å². The summed E-state index contributed by atoms with van der Waals surface area (Å²) in [7, 11) is 1.71. The first-order valence-corrected chi connectivity index (χ1v) is 13.6. The van der Waals surface area contributed by atoms with Crippen molar-refractivity contribution in [1.82, 2.24) is 9.80 Å². The molecule has 0 radical (unpaired) electrons. The standard InChI is InChI=1S/C33H30F2N4O3/c1-37(22-23-7-3-2-4-8-23)33(42)29-21-28(36-31(40)24-9-5-11-26(34)19-24)13-14-30(29)38-15-17-39(18-16-38)32(41)25-10-6-12-27(35)20-25/h2-14,19-21H,15-18,22H2,1H3,(H,36,40). The lowest BCUT2D eigenvalue weighted by atomic mass is 10.1. The van der Waals surface area contributed by atoms with Crippen LogP contribution in [0.1, 0.15) is 36.6 Å². The van der Waals surface area contributed by atoms with Crippen LogP contribution in [0.5, 0.6) is 0 Å². The fourth-order valence-corrected chi connectivity index (χ4v) is 4.98. The Morgan fingerprint density at radius 2 is 1.40 bits per heavy atom. The summed E-state index contributed by atoms with van der Waals surface area (Å²) in [6, 6.07) is 25.7. The number of carbonyl (C=O) groups is 3. The van der Waals surface area contributed by atoms with Gasteiger partial charge in [-0.05, 0) is 60.2 Å². The Balaban J connectivity index is 1.38. The molecule has 1 N–H and O–H groups in total. The number of rotatable bonds is 7. The molecule has 0 saturated carbocycles. The molecular weight excluding hydrogens is 538 g/mol. The smallest absolute Gasteiger partial charge is 0.256 e. The Hall–Kier alpha value is -5.05. The summed E-state index contributed by atoms with van der Waals surface area (Å²) in [5.74, 6) is -1.97. The van der Waals surface area contributed by atoms with E-state index in [1.165, 1.54) is 36.4 Å². The van der Waals surface area contributed by atoms with Gasteiger partial charge in [-0.15, -0.1) is 0 Å². The Bertz CT molecular complexity index is 1600. The Morgan fingerprint density at radius 1 is 0.762 bits per heavy atom. The number of hydrogen-bond donors (Lipinski definition) is 1. The lowest BCUT2D eigenvalue weighted by Crippen LogP contribution is -2.49. The minimum absolute atomic E-state index is 0.159. The van der Waals surface area contributed by atoms with Crippen molar-refractivity contribution < 1.29 is 23.2 Å². The van der Waals surface area contributed by atoms with Crippen LogP contribution >= 0.6 is 0 Å². The highest BCUT2D eigenvalue weighted by Crippen LogP contribution is 2.28. The molecule has 0 aliphatic carbocycles. The second kappa shape index (κ2) is 12.6. The van der Waals surface area contributed by atoms with E-state index in [-0.39, 0.29) is 17.4 Å². The third kappa shape index (κ3) is 6.63. The molecule has 42 heavy (non-hydrogen) atoms. The van der Waals surface area contributed by atoms with Gasteiger partial charge in [0.2, 0.25) is 0 Å². The van der Waals surface area contributed by atoms with Crippen LogP contribution < -0.4 is 10.2 Å². The summed E-state index contributed by atoms with van der Waals surface area (Å²) < 4.78 is 27.3. The van der Waals surface area contributed by atoms with E-state index < -0.39 is 17.5 Å². The van der Waals surface area contributed by atoms with Gasteiger partial charge in [-0.3, -0.25) is 14.4 Å². The fourth-order valence-electron chi connectivity index (χ4n) is 4.98. The summed E-state index contributed by atoms with van der Waals surface area (Å²) in [6.45, 7) is 2.08. The topological polar surface area (TPSA) is 73.0 Å². The first-order valence-electron chi connectivity index (χ1n) is 13.6. The van der Waals surface area contributed by atoms with Gasteiger partial charge in [0.05, 0.1) is 5.56 Å². The summed E-state index contributed by atoms with van der Waals surface area (Å²) in [5, 5.41) is 2.77. The molecule has 1 saturated heterocycles. The van der Waals surface area contributed by atoms with E-state index in [0.717, 1.165) is 11.6 Å². The Labute approximate surface area is 243 Å². The molecule has 5 rings (SSSR count). The maximum absolute atomic E-state index is 13.8. The van der Waals surface area contributed by atoms with Crippen molar-refractivity contribution in [2.75, 3.05) is 43.4 Å². The molecule has 4 aromatic rings. The zero-order chi connectivity index (χ0) is 29.6. The molecule has 0 atom stereocenters. The van der Waals surface area contributed by atoms with Crippen LogP contribution in [0.25, 0.3) is 0 Å². The Kier molecular flexibility index (Phi) is 8.57. The normalized spacial score (nSPS) is 13.0. The summed E-state index contributed by atoms with van der Waals surface area (Å²) in [4.78, 5) is 44.8. The van der Waals surface area contributed by atoms with E-state index >= 15 is 0 Å². The van der Waals surface area contributed by atoms with Gasteiger partial charge in [-0.1, -0.05) is 42.5 Å². The van der Waals surface area contributed by atoms with Crippen LogP contribution in [0.4, 0.5) is 20.2 Å². The van der Waals surface area contributed by atoms with Gasteiger partial charge in [0.1, 0.15) is 11.6 Å². The average Bonchev–Trinajstić information content (AvgIpc) is 3.01. The van der Waals surface area contributed by atoms with Crippen LogP contribution in [0.3, 0.4) is 0 Å². The molecule has 0 unspecified atom stereocenters. The summed E-state index contributed by atoms with van der Waals surface area (Å²) in [5.41, 5.74) is 2.86. The van der Waals surface area contributed by atoms with Crippen LogP contribution in [0, 0.1) is 11.6 Å².